The lowest BCUT2D eigenvalue weighted by Crippen LogP contribution is -2.52. The van der Waals surface area contributed by atoms with E-state index in [0.717, 1.165) is 23.3 Å². The van der Waals surface area contributed by atoms with Gasteiger partial charge in [-0.3, -0.25) is 19.5 Å². The number of nitrogens with one attached hydrogen (secondary N) is 2. The van der Waals surface area contributed by atoms with Gasteiger partial charge in [-0.1, -0.05) is 18.9 Å². The molecule has 1 aliphatic carbocycles. The first-order valence-corrected chi connectivity index (χ1v) is 9.15. The number of imide groups is 1. The maximum Gasteiger partial charge on any atom is 0.325 e. The highest BCUT2D eigenvalue weighted by Gasteiger charge is 2.53. The van der Waals surface area contributed by atoms with Crippen molar-refractivity contribution < 1.29 is 14.4 Å². The maximum absolute atomic E-state index is 12.9. The van der Waals surface area contributed by atoms with E-state index in [0.29, 0.717) is 32.5 Å². The normalized spacial score (nSPS) is 24.1. The summed E-state index contributed by atoms with van der Waals surface area (Å²) in [4.78, 5) is 45.0. The summed E-state index contributed by atoms with van der Waals surface area (Å²) in [6.45, 7) is 1.64. The van der Waals surface area contributed by atoms with E-state index in [1.54, 1.807) is 17.3 Å². The van der Waals surface area contributed by atoms with Gasteiger partial charge in [-0.05, 0) is 24.5 Å². The highest BCUT2D eigenvalue weighted by Crippen LogP contribution is 2.35. The molecule has 1 saturated carbocycles. The number of pyridine rings is 1. The molecule has 1 aromatic heterocycles. The third-order valence-corrected chi connectivity index (χ3v) is 5.63. The first kappa shape index (κ1) is 19.6. The van der Waals surface area contributed by atoms with E-state index in [1.807, 2.05) is 12.1 Å². The molecular formula is C18H24ClN5O3. The van der Waals surface area contributed by atoms with Crippen LogP contribution in [0.2, 0.25) is 0 Å². The zero-order chi connectivity index (χ0) is 18.1. The van der Waals surface area contributed by atoms with E-state index in [9.17, 15) is 14.4 Å². The molecule has 146 valence electrons. The van der Waals surface area contributed by atoms with E-state index in [1.165, 1.54) is 0 Å². The van der Waals surface area contributed by atoms with Gasteiger partial charge >= 0.3 is 6.03 Å². The molecule has 0 aromatic carbocycles. The molecule has 9 heteroatoms. The van der Waals surface area contributed by atoms with Crippen molar-refractivity contribution in [3.8, 4) is 0 Å². The number of carbonyl (C=O) groups is 3. The average Bonchev–Trinajstić information content (AvgIpc) is 3.23. The van der Waals surface area contributed by atoms with Crippen LogP contribution in [0.15, 0.2) is 24.5 Å². The Balaban J connectivity index is 0.00000210. The zero-order valence-corrected chi connectivity index (χ0v) is 15.8. The molecule has 1 spiro atoms. The minimum Gasteiger partial charge on any atom is -0.331 e. The van der Waals surface area contributed by atoms with Crippen molar-refractivity contribution in [2.24, 2.45) is 0 Å². The Morgan fingerprint density at radius 1 is 1.30 bits per heavy atom. The summed E-state index contributed by atoms with van der Waals surface area (Å²) in [7, 11) is 0. The molecule has 1 unspecified atom stereocenters. The highest BCUT2D eigenvalue weighted by atomic mass is 35.5. The molecule has 2 saturated heterocycles. The van der Waals surface area contributed by atoms with Crippen LogP contribution in [0.25, 0.3) is 0 Å². The van der Waals surface area contributed by atoms with Crippen LogP contribution in [0.5, 0.6) is 0 Å². The second-order valence-corrected chi connectivity index (χ2v) is 7.20. The molecule has 0 radical (unpaired) electrons. The fourth-order valence-electron chi connectivity index (χ4n) is 4.24. The Labute approximate surface area is 164 Å². The van der Waals surface area contributed by atoms with Crippen molar-refractivity contribution in [1.82, 2.24) is 25.4 Å². The van der Waals surface area contributed by atoms with Crippen molar-refractivity contribution in [2.45, 2.75) is 37.3 Å². The maximum atomic E-state index is 12.9. The third-order valence-electron chi connectivity index (χ3n) is 5.63. The Morgan fingerprint density at radius 2 is 2.07 bits per heavy atom. The van der Waals surface area contributed by atoms with Gasteiger partial charge in [-0.2, -0.15) is 0 Å². The predicted molar refractivity (Wildman–Crippen MR) is 100 cm³/mol. The van der Waals surface area contributed by atoms with Crippen LogP contribution in [0, 0.1) is 0 Å². The second-order valence-electron chi connectivity index (χ2n) is 7.20. The van der Waals surface area contributed by atoms with Crippen LogP contribution in [0.3, 0.4) is 0 Å². The second kappa shape index (κ2) is 7.82. The molecule has 2 aliphatic heterocycles. The van der Waals surface area contributed by atoms with Gasteiger partial charge in [-0.25, -0.2) is 4.79 Å². The average molecular weight is 394 g/mol. The Hall–Kier alpha value is -2.19. The molecule has 4 rings (SSSR count). The monoisotopic (exact) mass is 393 g/mol. The lowest BCUT2D eigenvalue weighted by atomic mass is 9.98. The van der Waals surface area contributed by atoms with Gasteiger partial charge in [0.2, 0.25) is 5.91 Å². The van der Waals surface area contributed by atoms with Crippen LogP contribution in [-0.2, 0) is 9.59 Å². The summed E-state index contributed by atoms with van der Waals surface area (Å²) in [6.07, 6.45) is 6.62. The van der Waals surface area contributed by atoms with Gasteiger partial charge in [0.25, 0.3) is 5.91 Å². The van der Waals surface area contributed by atoms with Crippen LogP contribution in [0.1, 0.15) is 37.3 Å². The largest absolute Gasteiger partial charge is 0.331 e. The number of hydrogen-bond donors (Lipinski definition) is 2. The van der Waals surface area contributed by atoms with E-state index >= 15 is 0 Å². The summed E-state index contributed by atoms with van der Waals surface area (Å²) in [5.41, 5.74) is 0.168. The summed E-state index contributed by atoms with van der Waals surface area (Å²) in [5.74, 6) is -0.458. The van der Waals surface area contributed by atoms with Crippen LogP contribution >= 0.6 is 12.4 Å². The van der Waals surface area contributed by atoms with E-state index in [4.69, 9.17) is 0 Å². The smallest absolute Gasteiger partial charge is 0.325 e. The SMILES string of the molecule is Cl.O=C1NC2(CCCC2)C(=O)N1CC(=O)N1CCNCC1c1cccnc1. The molecule has 8 nitrogen and oxygen atoms in total. The van der Waals surface area contributed by atoms with E-state index in [-0.39, 0.29) is 36.8 Å². The molecule has 1 atom stereocenters. The number of aromatic nitrogens is 1. The van der Waals surface area contributed by atoms with Crippen LogP contribution in [-0.4, -0.2) is 64.3 Å². The van der Waals surface area contributed by atoms with Gasteiger partial charge in [-0.15, -0.1) is 12.4 Å². The van der Waals surface area contributed by atoms with Crippen LogP contribution < -0.4 is 10.6 Å². The van der Waals surface area contributed by atoms with Gasteiger partial charge in [0, 0.05) is 32.0 Å². The Bertz CT molecular complexity index is 723. The summed E-state index contributed by atoms with van der Waals surface area (Å²) < 4.78 is 0. The van der Waals surface area contributed by atoms with Gasteiger partial charge in [0.05, 0.1) is 6.04 Å². The van der Waals surface area contributed by atoms with Crippen molar-refractivity contribution in [3.05, 3.63) is 30.1 Å². The molecule has 3 aliphatic rings. The molecule has 0 bridgehead atoms. The zero-order valence-electron chi connectivity index (χ0n) is 15.0. The number of halogens is 1. The molecule has 4 amide bonds. The van der Waals surface area contributed by atoms with Gasteiger partial charge < -0.3 is 15.5 Å². The van der Waals surface area contributed by atoms with Gasteiger partial charge in [0.15, 0.2) is 0 Å². The van der Waals surface area contributed by atoms with Crippen LogP contribution in [0.4, 0.5) is 4.79 Å². The van der Waals surface area contributed by atoms with Crippen molar-refractivity contribution in [1.29, 1.82) is 0 Å². The van der Waals surface area contributed by atoms with E-state index in [2.05, 4.69) is 15.6 Å². The fraction of sp³-hybridized carbons (Fsp3) is 0.556. The Kier molecular flexibility index (Phi) is 5.67. The number of nitrogens with zero attached hydrogens (tertiary/aromatic N) is 3. The third kappa shape index (κ3) is 3.51. The molecular weight excluding hydrogens is 370 g/mol. The van der Waals surface area contributed by atoms with Gasteiger partial charge in [0.1, 0.15) is 12.1 Å². The predicted octanol–water partition coefficient (Wildman–Crippen LogP) is 0.841. The standard InChI is InChI=1S/C18H23N5O3.ClH/c24-15(12-23-16(25)18(21-17(23)26)5-1-2-6-18)22-9-8-20-11-14(22)13-4-3-7-19-10-13;/h3-4,7,10,14,20H,1-2,5-6,8-9,11-12H2,(H,21,26);1H. The lowest BCUT2D eigenvalue weighted by Gasteiger charge is -2.37. The number of hydrogen-bond acceptors (Lipinski definition) is 5. The first-order valence-electron chi connectivity index (χ1n) is 9.15. The fourth-order valence-corrected chi connectivity index (χ4v) is 4.24. The van der Waals surface area contributed by atoms with Crippen molar-refractivity contribution >= 4 is 30.3 Å². The molecule has 27 heavy (non-hydrogen) atoms. The number of carbonyl (C=O) groups excluding carboxylic acids is 3. The molecule has 3 heterocycles. The van der Waals surface area contributed by atoms with Crippen molar-refractivity contribution in [2.75, 3.05) is 26.2 Å². The molecule has 2 N–H and O–H groups in total. The Morgan fingerprint density at radius 3 is 2.78 bits per heavy atom. The van der Waals surface area contributed by atoms with E-state index < -0.39 is 11.6 Å². The minimum absolute atomic E-state index is 0. The highest BCUT2D eigenvalue weighted by molar-refractivity contribution is 6.09. The molecule has 1 aromatic rings. The lowest BCUT2D eigenvalue weighted by molar-refractivity contribution is -0.140. The summed E-state index contributed by atoms with van der Waals surface area (Å²) >= 11 is 0. The summed E-state index contributed by atoms with van der Waals surface area (Å²) in [5, 5.41) is 6.11. The number of rotatable bonds is 3. The number of urea groups is 1. The van der Waals surface area contributed by atoms with Crippen molar-refractivity contribution in [3.63, 3.8) is 0 Å². The number of amides is 4. The minimum atomic E-state index is -0.774. The topological polar surface area (TPSA) is 94.6 Å². The first-order chi connectivity index (χ1) is 12.6. The quantitative estimate of drug-likeness (QED) is 0.742. The molecule has 3 fully saturated rings. The number of piperazine rings is 1. The summed E-state index contributed by atoms with van der Waals surface area (Å²) in [6, 6.07) is 3.18.